The van der Waals surface area contributed by atoms with E-state index in [-0.39, 0.29) is 82.7 Å². The van der Waals surface area contributed by atoms with Gasteiger partial charge in [0.05, 0.1) is 80.2 Å². The lowest BCUT2D eigenvalue weighted by Gasteiger charge is -2.30. The number of aliphatic carboxylic acids is 1. The van der Waals surface area contributed by atoms with Gasteiger partial charge >= 0.3 is 41.6 Å². The number of pyridine rings is 6. The lowest BCUT2D eigenvalue weighted by atomic mass is 10.1. The molecule has 2 saturated heterocycles. The fourth-order valence-electron chi connectivity index (χ4n) is 12.9. The van der Waals surface area contributed by atoms with Gasteiger partial charge in [-0.25, -0.2) is 56.5 Å². The third-order valence-electron chi connectivity index (χ3n) is 19.8. The summed E-state index contributed by atoms with van der Waals surface area (Å²) in [5.41, 5.74) is -4.19. The van der Waals surface area contributed by atoms with Crippen LogP contribution in [0.2, 0.25) is 40.6 Å². The van der Waals surface area contributed by atoms with E-state index in [4.69, 9.17) is 145 Å². The predicted octanol–water partition coefficient (Wildman–Crippen LogP) is 24.1. The highest BCUT2D eigenvalue weighted by molar-refractivity contribution is 6.32. The molecule has 2 aliphatic heterocycles. The third-order valence-corrected chi connectivity index (χ3v) is 22.1. The van der Waals surface area contributed by atoms with E-state index in [1.165, 1.54) is 133 Å². The minimum absolute atomic E-state index is 0.0123. The van der Waals surface area contributed by atoms with Crippen LogP contribution < -0.4 is 47.7 Å². The van der Waals surface area contributed by atoms with Crippen molar-refractivity contribution >= 4 is 134 Å². The number of carbonyl (C=O) groups is 5. The maximum atomic E-state index is 14.2. The number of methoxy groups -OCH3 is 2. The summed E-state index contributed by atoms with van der Waals surface area (Å²) in [5.74, 6) is -5.22. The van der Waals surface area contributed by atoms with Gasteiger partial charge in [-0.15, -0.1) is 14.2 Å². The Morgan fingerprint density at radius 2 is 0.655 bits per heavy atom. The number of hydrogen-bond acceptors (Lipinski definition) is 24. The number of esters is 4. The standard InChI is InChI=1S/C25H32ClFN2O4.C21H24ClFN2O4.C19H20Cl2FNO3.C19H21ClFNO4.C13H18ClNO4.C5H3Cl2NO/c1-24(2,3)33-23(30)25(4,5)32-22-14-18(29-11-7-8-17(29)15-31-6)13-21(28-22)16-9-10-19(26)20(27)12-16;1-21(2,20(26)27)29-19-11-15(25-8-4-5-14(25)12-28-3)10-18(24-19)13-6-7-16(22)17(23)9-13;1-18(2,3)26-17(24)19(4,5)25-16-10-12(20)9-15(23-16)11-6-7-13(21)14(22)8-11;1-18(2,3)26-17(23)19(4,5)25-16-8-6-7-15(22(16)24)12-9-10-13(20)14(21)11-12;1-12(2,3)19-11(16)13(4,5)18-10-8-6-7-9(14)15(10)17;6-4-2-1-3-5(7)8(4)9/h9-10,12-14,17H,7-8,11,15H2,1-6H3;6-7,9-11,14H,4-5,8,12H2,1-3H3,(H,26,27);6-10H,1-5H3;6-11H,1-5H3;6-8H,1-5H3;1-3H/t17-;14-;;;;/m00..../s1. The molecular weight excluding hydrogens is 2020 g/mol. The van der Waals surface area contributed by atoms with Crippen LogP contribution in [0.4, 0.5) is 28.9 Å². The molecule has 4 aromatic carbocycles. The number of carbonyl (C=O) groups excluding carboxylic acids is 4. The van der Waals surface area contributed by atoms with E-state index in [2.05, 4.69) is 24.8 Å². The number of carboxylic acids is 1. The maximum Gasteiger partial charge on any atom is 0.381 e. The lowest BCUT2D eigenvalue weighted by Crippen LogP contribution is -2.46. The number of anilines is 2. The van der Waals surface area contributed by atoms with Gasteiger partial charge in [-0.2, -0.15) is 0 Å². The fraction of sp³-hybridized carbons (Fsp3) is 0.422. The molecule has 1 N–H and O–H groups in total. The number of ether oxygens (including phenoxy) is 11. The van der Waals surface area contributed by atoms with Gasteiger partial charge in [0.2, 0.25) is 51.3 Å². The molecule has 28 nitrogen and oxygen atoms in total. The molecule has 0 aliphatic carbocycles. The van der Waals surface area contributed by atoms with Crippen molar-refractivity contribution in [3.05, 3.63) is 243 Å². The molecule has 2 fully saturated rings. The van der Waals surface area contributed by atoms with E-state index in [0.29, 0.717) is 71.8 Å². The van der Waals surface area contributed by atoms with E-state index < -0.39 is 104 Å². The van der Waals surface area contributed by atoms with Gasteiger partial charge in [0.15, 0.2) is 0 Å². The highest BCUT2D eigenvalue weighted by atomic mass is 35.5. The molecule has 8 heterocycles. The zero-order chi connectivity index (χ0) is 107. The number of aromatic nitrogens is 6. The summed E-state index contributed by atoms with van der Waals surface area (Å²) >= 11 is 45.6. The smallest absolute Gasteiger partial charge is 0.381 e. The Bertz CT molecular complexity index is 6080. The lowest BCUT2D eigenvalue weighted by molar-refractivity contribution is -0.612. The molecule has 6 aromatic heterocycles. The normalized spacial score (nSPS) is 13.9. The zero-order valence-corrected chi connectivity index (χ0v) is 89.3. The van der Waals surface area contributed by atoms with Crippen LogP contribution in [-0.2, 0) is 52.4 Å². The average Bonchev–Trinajstić information content (AvgIpc) is 1.28. The van der Waals surface area contributed by atoms with Crippen molar-refractivity contribution in [3.63, 3.8) is 0 Å². The van der Waals surface area contributed by atoms with Crippen LogP contribution in [0.5, 0.6) is 29.4 Å². The van der Waals surface area contributed by atoms with Crippen molar-refractivity contribution < 1.29 is 113 Å². The minimum atomic E-state index is -1.47. The molecule has 0 unspecified atom stereocenters. The molecule has 142 heavy (non-hydrogen) atoms. The van der Waals surface area contributed by atoms with Gasteiger partial charge in [-0.1, -0.05) is 76.2 Å². The molecule has 0 amide bonds. The van der Waals surface area contributed by atoms with Crippen molar-refractivity contribution in [2.24, 2.45) is 0 Å². The molecular formula is C102H118Cl8F4N8O20. The van der Waals surface area contributed by atoms with Crippen molar-refractivity contribution in [1.29, 1.82) is 0 Å². The first-order chi connectivity index (χ1) is 65.6. The van der Waals surface area contributed by atoms with Crippen LogP contribution in [0.25, 0.3) is 45.0 Å². The number of nitrogens with zero attached hydrogens (tertiary/aromatic N) is 8. The first-order valence-electron chi connectivity index (χ1n) is 44.4. The summed E-state index contributed by atoms with van der Waals surface area (Å²) < 4.78 is 118. The van der Waals surface area contributed by atoms with Gasteiger partial charge in [-0.3, -0.25) is 0 Å². The summed E-state index contributed by atoms with van der Waals surface area (Å²) in [6.07, 6.45) is 4.03. The number of rotatable bonds is 25. The molecule has 0 radical (unpaired) electrons. The second kappa shape index (κ2) is 49.6. The number of hydrogen-bond donors (Lipinski definition) is 1. The van der Waals surface area contributed by atoms with E-state index >= 15 is 0 Å². The Kier molecular flexibility index (Phi) is 41.2. The molecule has 0 spiro atoms. The van der Waals surface area contributed by atoms with Gasteiger partial charge in [0.25, 0.3) is 15.5 Å². The average molecular weight is 2140 g/mol. The predicted molar refractivity (Wildman–Crippen MR) is 540 cm³/mol. The zero-order valence-electron chi connectivity index (χ0n) is 83.2. The van der Waals surface area contributed by atoms with Crippen molar-refractivity contribution in [2.45, 2.75) is 240 Å². The molecule has 0 bridgehead atoms. The van der Waals surface area contributed by atoms with Crippen LogP contribution in [0.15, 0.2) is 164 Å². The monoisotopic (exact) mass is 2130 g/mol. The summed E-state index contributed by atoms with van der Waals surface area (Å²) in [6.45, 7) is 39.5. The molecule has 12 rings (SSSR count). The van der Waals surface area contributed by atoms with Gasteiger partial charge in [0.1, 0.15) is 45.7 Å². The Morgan fingerprint density at radius 3 is 0.979 bits per heavy atom. The van der Waals surface area contributed by atoms with Crippen LogP contribution in [0.3, 0.4) is 0 Å². The molecule has 2 aliphatic rings. The van der Waals surface area contributed by atoms with Gasteiger partial charge in [-0.05, 0) is 304 Å². The fourth-order valence-corrected chi connectivity index (χ4v) is 14.1. The van der Waals surface area contributed by atoms with Gasteiger partial charge < -0.3 is 82.6 Å². The number of benzene rings is 4. The summed E-state index contributed by atoms with van der Waals surface area (Å²) in [6, 6.07) is 41.5. The van der Waals surface area contributed by atoms with Crippen molar-refractivity contribution in [2.75, 3.05) is 50.3 Å². The van der Waals surface area contributed by atoms with Crippen molar-refractivity contribution in [1.82, 2.24) is 15.0 Å². The van der Waals surface area contributed by atoms with Crippen LogP contribution >= 0.6 is 92.8 Å². The Hall–Kier alpha value is -10.9. The quantitative estimate of drug-likeness (QED) is 0.0139. The minimum Gasteiger partial charge on any atom is -0.617 e. The first kappa shape index (κ1) is 118. The highest BCUT2D eigenvalue weighted by Crippen LogP contribution is 2.39. The Morgan fingerprint density at radius 1 is 0.366 bits per heavy atom. The van der Waals surface area contributed by atoms with E-state index in [0.717, 1.165) is 56.2 Å². The largest absolute Gasteiger partial charge is 0.617 e. The Balaban J connectivity index is 0.000000237. The molecule has 770 valence electrons. The summed E-state index contributed by atoms with van der Waals surface area (Å²) in [5, 5.41) is 44.8. The van der Waals surface area contributed by atoms with Gasteiger partial charge in [0, 0.05) is 103 Å². The molecule has 40 heteroatoms. The Labute approximate surface area is 864 Å². The van der Waals surface area contributed by atoms with Crippen molar-refractivity contribution in [3.8, 4) is 74.4 Å². The maximum absolute atomic E-state index is 14.2. The second-order valence-corrected chi connectivity index (χ2v) is 42.1. The molecule has 10 aromatic rings. The SMILES string of the molecule is CC(C)(C)OC(=O)C(C)(C)Oc1cc(Cl)cc(-c2ccc(Cl)c(F)c2)n1.CC(C)(C)OC(=O)C(C)(C)Oc1cccc(-c2ccc(Cl)c(F)c2)[n+]1[O-].CC(C)(C)OC(=O)C(C)(C)Oc1cccc(Cl)[n+]1[O-].COC[C@@H]1CCCN1c1cc(OC(C)(C)C(=O)O)nc(-c2ccc(Cl)c(F)c2)c1.COC[C@@H]1CCCN1c1cc(OC(C)(C)C(=O)OC(C)(C)C)nc(-c2ccc(Cl)c(F)c2)c1.[O-][n+]1c(Cl)cccc1Cl. The number of carboxylic acid groups (broad SMARTS) is 1. The molecule has 2 atom stereocenters. The summed E-state index contributed by atoms with van der Waals surface area (Å²) in [4.78, 5) is 78.6. The molecule has 0 saturated carbocycles. The van der Waals surface area contributed by atoms with E-state index in [1.54, 1.807) is 180 Å². The van der Waals surface area contributed by atoms with Crippen LogP contribution in [-0.4, -0.2) is 153 Å². The van der Waals surface area contributed by atoms with E-state index in [1.807, 2.05) is 12.1 Å². The van der Waals surface area contributed by atoms with Crippen LogP contribution in [0, 0.1) is 38.9 Å². The van der Waals surface area contributed by atoms with Crippen LogP contribution in [0.1, 0.15) is 178 Å². The third kappa shape index (κ3) is 35.5. The second-order valence-electron chi connectivity index (χ2n) is 38.9. The summed E-state index contributed by atoms with van der Waals surface area (Å²) in [7, 11) is 3.34. The topological polar surface area (TPSA) is 333 Å². The van der Waals surface area contributed by atoms with E-state index in [9.17, 15) is 62.3 Å². The highest BCUT2D eigenvalue weighted by Gasteiger charge is 2.42. The first-order valence-corrected chi connectivity index (χ1v) is 47.5. The number of halogens is 12.